The predicted octanol–water partition coefficient (Wildman–Crippen LogP) is 7.00. The molecule has 6 heterocycles. The quantitative estimate of drug-likeness (QED) is 0.120. The SMILES string of the molecule is COc1cc([C@H](Cc2c(Cl)c[n+]([O-])cc2Cl)c2cc(CN(C(=O)O[C@H]3CN4CCC3CC4)c3ccccn3)sc2C(=O)O)ccc1OC(F)F. The molecule has 11 nitrogen and oxygen atoms in total. The van der Waals surface area contributed by atoms with Gasteiger partial charge in [0.2, 0.25) is 0 Å². The fraction of sp³-hybridized carbons (Fsp3) is 0.353. The van der Waals surface area contributed by atoms with Gasteiger partial charge in [-0.05, 0) is 79.7 Å². The van der Waals surface area contributed by atoms with Crippen LogP contribution < -0.4 is 19.1 Å². The molecule has 3 aliphatic rings. The number of carbonyl (C=O) groups is 2. The molecule has 0 saturated carbocycles. The number of hydrogen-bond acceptors (Lipinski definition) is 9. The smallest absolute Gasteiger partial charge is 0.416 e. The van der Waals surface area contributed by atoms with Gasteiger partial charge in [0.1, 0.15) is 26.8 Å². The Balaban J connectivity index is 1.40. The molecule has 0 aliphatic carbocycles. The molecule has 0 radical (unpaired) electrons. The summed E-state index contributed by atoms with van der Waals surface area (Å²) in [4.78, 5) is 35.1. The van der Waals surface area contributed by atoms with Gasteiger partial charge >= 0.3 is 18.7 Å². The lowest BCUT2D eigenvalue weighted by Gasteiger charge is -2.44. The van der Waals surface area contributed by atoms with Gasteiger partial charge in [-0.15, -0.1) is 11.3 Å². The van der Waals surface area contributed by atoms with Crippen molar-refractivity contribution >= 4 is 52.4 Å². The third kappa shape index (κ3) is 7.88. The highest BCUT2D eigenvalue weighted by atomic mass is 35.5. The zero-order chi connectivity index (χ0) is 35.5. The maximum absolute atomic E-state index is 13.8. The average molecular weight is 750 g/mol. The van der Waals surface area contributed by atoms with Crippen LogP contribution in [0.3, 0.4) is 0 Å². The minimum atomic E-state index is -3.11. The molecule has 2 bridgehead atoms. The number of fused-ring (bicyclic) bond motifs is 3. The van der Waals surface area contributed by atoms with E-state index >= 15 is 0 Å². The fourth-order valence-corrected chi connectivity index (χ4v) is 8.19. The van der Waals surface area contributed by atoms with E-state index in [1.807, 2.05) is 0 Å². The summed E-state index contributed by atoms with van der Waals surface area (Å²) in [6.07, 6.45) is 4.85. The first-order valence-electron chi connectivity index (χ1n) is 15.7. The molecule has 16 heteroatoms. The second kappa shape index (κ2) is 15.3. The minimum Gasteiger partial charge on any atom is -0.619 e. The van der Waals surface area contributed by atoms with E-state index in [-0.39, 0.29) is 51.4 Å². The normalized spacial score (nSPS) is 18.9. The topological polar surface area (TPSA) is 128 Å². The maximum Gasteiger partial charge on any atom is 0.416 e. The number of carboxylic acids is 1. The number of nitrogens with zero attached hydrogens (tertiary/aromatic N) is 4. The molecule has 0 spiro atoms. The number of halogens is 4. The van der Waals surface area contributed by atoms with E-state index in [0.29, 0.717) is 38.7 Å². The Morgan fingerprint density at radius 3 is 2.48 bits per heavy atom. The number of thiophene rings is 1. The van der Waals surface area contributed by atoms with Gasteiger partial charge in [-0.2, -0.15) is 13.5 Å². The molecule has 1 N–H and O–H groups in total. The van der Waals surface area contributed by atoms with Crippen molar-refractivity contribution in [2.45, 2.75) is 44.4 Å². The van der Waals surface area contributed by atoms with Crippen LogP contribution in [0.1, 0.15) is 50.0 Å². The van der Waals surface area contributed by atoms with E-state index in [2.05, 4.69) is 14.6 Å². The number of carboxylic acid groups (broad SMARTS) is 1. The number of aromatic nitrogens is 2. The van der Waals surface area contributed by atoms with E-state index in [1.165, 1.54) is 30.2 Å². The average Bonchev–Trinajstić information content (AvgIpc) is 3.52. The van der Waals surface area contributed by atoms with Crippen LogP contribution >= 0.6 is 34.5 Å². The molecule has 50 heavy (non-hydrogen) atoms. The summed E-state index contributed by atoms with van der Waals surface area (Å²) in [6.45, 7) is -0.554. The van der Waals surface area contributed by atoms with Gasteiger partial charge in [0, 0.05) is 29.1 Å². The van der Waals surface area contributed by atoms with Gasteiger partial charge < -0.3 is 24.5 Å². The van der Waals surface area contributed by atoms with Gasteiger partial charge in [0.15, 0.2) is 23.9 Å². The number of aromatic carboxylic acids is 1. The molecule has 264 valence electrons. The second-order valence-corrected chi connectivity index (χ2v) is 13.9. The third-order valence-corrected chi connectivity index (χ3v) is 10.7. The van der Waals surface area contributed by atoms with Gasteiger partial charge in [-0.25, -0.2) is 14.6 Å². The molecule has 4 aromatic rings. The number of benzene rings is 1. The molecule has 3 saturated heterocycles. The third-order valence-electron chi connectivity index (χ3n) is 8.96. The standard InChI is InChI=1S/C34H32Cl2F2N4O7S/c1-47-28-12-20(5-6-27(28)48-33(37)38)22(14-24-25(35)16-41(46)17-26(24)36)23-13-21(50-31(23)32(43)44)15-42(30-4-2-3-9-39-30)34(45)49-29-18-40-10-7-19(29)8-11-40/h2-6,9,12-13,16-17,19,22,29,33H,7-8,10-11,14-15,18H2,1H3,(H,43,44)/t22-,29-/m0/s1. The summed E-state index contributed by atoms with van der Waals surface area (Å²) in [6, 6.07) is 11.1. The van der Waals surface area contributed by atoms with Gasteiger partial charge in [-0.3, -0.25) is 9.80 Å². The monoisotopic (exact) mass is 748 g/mol. The Morgan fingerprint density at radius 1 is 1.14 bits per heavy atom. The summed E-state index contributed by atoms with van der Waals surface area (Å²) < 4.78 is 42.7. The van der Waals surface area contributed by atoms with Crippen LogP contribution in [0, 0.1) is 11.1 Å². The van der Waals surface area contributed by atoms with Gasteiger partial charge in [0.05, 0.1) is 13.7 Å². The number of alkyl halides is 2. The number of anilines is 1. The first-order chi connectivity index (χ1) is 24.0. The second-order valence-electron chi connectivity index (χ2n) is 12.0. The summed E-state index contributed by atoms with van der Waals surface area (Å²) in [5.41, 5.74) is 1.15. The van der Waals surface area contributed by atoms with Crippen LogP contribution in [0.5, 0.6) is 11.5 Å². The summed E-state index contributed by atoms with van der Waals surface area (Å²) in [7, 11) is 1.29. The number of amides is 1. The lowest BCUT2D eigenvalue weighted by molar-refractivity contribution is -0.605. The van der Waals surface area contributed by atoms with Gasteiger partial charge in [0.25, 0.3) is 0 Å². The summed E-state index contributed by atoms with van der Waals surface area (Å²) >= 11 is 13.9. The molecule has 0 unspecified atom stereocenters. The van der Waals surface area contributed by atoms with E-state index in [4.69, 9.17) is 32.7 Å². The molecule has 3 fully saturated rings. The Labute approximate surface area is 300 Å². The summed E-state index contributed by atoms with van der Waals surface area (Å²) in [5, 5.41) is 22.5. The Bertz CT molecular complexity index is 1840. The molecule has 3 aliphatic heterocycles. The number of carbonyl (C=O) groups excluding carboxylic acids is 1. The molecular weight excluding hydrogens is 717 g/mol. The van der Waals surface area contributed by atoms with E-state index in [9.17, 15) is 28.7 Å². The van der Waals surface area contributed by atoms with Crippen LogP contribution in [0.2, 0.25) is 10.0 Å². The van der Waals surface area contributed by atoms with Crippen molar-refractivity contribution < 1.29 is 42.4 Å². The Hall–Kier alpha value is -4.24. The van der Waals surface area contributed by atoms with Crippen molar-refractivity contribution in [3.63, 3.8) is 0 Å². The highest BCUT2D eigenvalue weighted by molar-refractivity contribution is 7.14. The number of piperidine rings is 3. The Kier molecular flexibility index (Phi) is 10.9. The maximum atomic E-state index is 13.8. The van der Waals surface area contributed by atoms with Crippen LogP contribution in [0.25, 0.3) is 0 Å². The molecular formula is C34H32Cl2F2N4O7S. The largest absolute Gasteiger partial charge is 0.619 e. The predicted molar refractivity (Wildman–Crippen MR) is 182 cm³/mol. The van der Waals surface area contributed by atoms with Crippen molar-refractivity contribution in [2.24, 2.45) is 5.92 Å². The zero-order valence-corrected chi connectivity index (χ0v) is 29.0. The zero-order valence-electron chi connectivity index (χ0n) is 26.6. The van der Waals surface area contributed by atoms with Crippen molar-refractivity contribution in [2.75, 3.05) is 31.6 Å². The molecule has 1 amide bonds. The number of rotatable bonds is 12. The van der Waals surface area contributed by atoms with Crippen LogP contribution in [0.4, 0.5) is 19.4 Å². The molecule has 2 atom stereocenters. The number of pyridine rings is 2. The molecule has 3 aromatic heterocycles. The van der Waals surface area contributed by atoms with Crippen LogP contribution in [0.15, 0.2) is 61.1 Å². The minimum absolute atomic E-state index is 0.0126. The van der Waals surface area contributed by atoms with Crippen molar-refractivity contribution in [3.05, 3.63) is 103 Å². The molecule has 1 aromatic carbocycles. The Morgan fingerprint density at radius 2 is 1.88 bits per heavy atom. The number of methoxy groups -OCH3 is 1. The van der Waals surface area contributed by atoms with E-state index in [1.54, 1.807) is 30.5 Å². The highest BCUT2D eigenvalue weighted by Crippen LogP contribution is 2.42. The number of ether oxygens (including phenoxy) is 3. The van der Waals surface area contributed by atoms with Crippen molar-refractivity contribution in [1.82, 2.24) is 9.88 Å². The van der Waals surface area contributed by atoms with Crippen molar-refractivity contribution in [1.29, 1.82) is 0 Å². The van der Waals surface area contributed by atoms with Gasteiger partial charge in [-0.1, -0.05) is 35.3 Å². The van der Waals surface area contributed by atoms with Crippen molar-refractivity contribution in [3.8, 4) is 11.5 Å². The first kappa shape index (κ1) is 35.6. The molecule has 7 rings (SSSR count). The van der Waals surface area contributed by atoms with E-state index < -0.39 is 24.6 Å². The van der Waals surface area contributed by atoms with E-state index in [0.717, 1.165) is 49.7 Å². The lowest BCUT2D eigenvalue weighted by Crippen LogP contribution is -2.53. The lowest BCUT2D eigenvalue weighted by atomic mass is 9.85. The number of hydrogen-bond donors (Lipinski definition) is 1. The highest BCUT2D eigenvalue weighted by Gasteiger charge is 2.38. The van der Waals surface area contributed by atoms with Crippen LogP contribution in [-0.4, -0.2) is 66.5 Å². The summed E-state index contributed by atoms with van der Waals surface area (Å²) in [5.74, 6) is -1.66. The fourth-order valence-electron chi connectivity index (χ4n) is 6.54. The van der Waals surface area contributed by atoms with Crippen LogP contribution in [-0.2, 0) is 17.7 Å². The first-order valence-corrected chi connectivity index (χ1v) is 17.2.